The zero-order valence-electron chi connectivity index (χ0n) is 10.5. The van der Waals surface area contributed by atoms with Gasteiger partial charge in [-0.1, -0.05) is 0 Å². The van der Waals surface area contributed by atoms with E-state index < -0.39 is 5.54 Å². The molecular weight excluding hydrogens is 310 g/mol. The van der Waals surface area contributed by atoms with E-state index >= 15 is 0 Å². The Morgan fingerprint density at radius 2 is 2.37 bits per heavy atom. The lowest BCUT2D eigenvalue weighted by Crippen LogP contribution is -2.38. The molecule has 0 aliphatic heterocycles. The first-order chi connectivity index (χ1) is 9.12. The predicted molar refractivity (Wildman–Crippen MR) is 72.3 cm³/mol. The lowest BCUT2D eigenvalue weighted by atomic mass is 10.2. The Balaban J connectivity index is 1.69. The SMILES string of the molecule is Cc1[nH]ncc1CNC(=O)C1(n2cc(Br)cn2)CC1. The number of amides is 1. The first-order valence-electron chi connectivity index (χ1n) is 6.10. The van der Waals surface area contributed by atoms with E-state index in [9.17, 15) is 4.79 Å². The van der Waals surface area contributed by atoms with Gasteiger partial charge in [-0.3, -0.25) is 14.6 Å². The van der Waals surface area contributed by atoms with Gasteiger partial charge in [0.2, 0.25) is 5.91 Å². The lowest BCUT2D eigenvalue weighted by Gasteiger charge is -2.15. The second kappa shape index (κ2) is 4.48. The summed E-state index contributed by atoms with van der Waals surface area (Å²) in [6.07, 6.45) is 6.94. The Bertz CT molecular complexity index is 613. The van der Waals surface area contributed by atoms with Crippen LogP contribution in [-0.2, 0) is 16.9 Å². The lowest BCUT2D eigenvalue weighted by molar-refractivity contribution is -0.126. The van der Waals surface area contributed by atoms with Crippen LogP contribution in [0.4, 0.5) is 0 Å². The largest absolute Gasteiger partial charge is 0.350 e. The van der Waals surface area contributed by atoms with Gasteiger partial charge in [0, 0.05) is 24.0 Å². The van der Waals surface area contributed by atoms with Crippen molar-refractivity contribution < 1.29 is 4.79 Å². The summed E-state index contributed by atoms with van der Waals surface area (Å²) in [5.74, 6) is 0.0173. The molecule has 19 heavy (non-hydrogen) atoms. The van der Waals surface area contributed by atoms with Crippen molar-refractivity contribution >= 4 is 21.8 Å². The standard InChI is InChI=1S/C12H14BrN5O/c1-8-9(5-15-17-8)4-14-11(19)12(2-3-12)18-7-10(13)6-16-18/h5-7H,2-4H2,1H3,(H,14,19)(H,15,17). The number of hydrogen-bond acceptors (Lipinski definition) is 3. The molecule has 7 heteroatoms. The van der Waals surface area contributed by atoms with Gasteiger partial charge in [-0.2, -0.15) is 10.2 Å². The zero-order valence-corrected chi connectivity index (χ0v) is 12.1. The number of carbonyl (C=O) groups is 1. The number of aromatic amines is 1. The van der Waals surface area contributed by atoms with E-state index in [1.54, 1.807) is 17.1 Å². The normalized spacial score (nSPS) is 16.3. The van der Waals surface area contributed by atoms with Gasteiger partial charge < -0.3 is 5.32 Å². The molecule has 6 nitrogen and oxygen atoms in total. The number of halogens is 1. The van der Waals surface area contributed by atoms with Crippen molar-refractivity contribution in [2.24, 2.45) is 0 Å². The molecule has 0 aromatic carbocycles. The molecular formula is C12H14BrN5O. The third-order valence-electron chi connectivity index (χ3n) is 3.51. The number of carbonyl (C=O) groups excluding carboxylic acids is 1. The highest BCUT2D eigenvalue weighted by Gasteiger charge is 2.52. The summed E-state index contributed by atoms with van der Waals surface area (Å²) in [5, 5.41) is 14.0. The Labute approximate surface area is 118 Å². The highest BCUT2D eigenvalue weighted by molar-refractivity contribution is 9.10. The molecule has 2 heterocycles. The smallest absolute Gasteiger partial charge is 0.248 e. The highest BCUT2D eigenvalue weighted by atomic mass is 79.9. The predicted octanol–water partition coefficient (Wildman–Crippen LogP) is 1.48. The average molecular weight is 324 g/mol. The van der Waals surface area contributed by atoms with E-state index in [2.05, 4.69) is 36.5 Å². The van der Waals surface area contributed by atoms with Crippen LogP contribution in [-0.4, -0.2) is 25.9 Å². The van der Waals surface area contributed by atoms with Crippen LogP contribution < -0.4 is 5.32 Å². The molecule has 100 valence electrons. The topological polar surface area (TPSA) is 75.6 Å². The van der Waals surface area contributed by atoms with Gasteiger partial charge in [-0.15, -0.1) is 0 Å². The van der Waals surface area contributed by atoms with E-state index in [1.807, 2.05) is 13.1 Å². The summed E-state index contributed by atoms with van der Waals surface area (Å²) in [4.78, 5) is 12.3. The van der Waals surface area contributed by atoms with Gasteiger partial charge in [0.1, 0.15) is 5.54 Å². The third kappa shape index (κ3) is 2.18. The van der Waals surface area contributed by atoms with Crippen molar-refractivity contribution in [2.45, 2.75) is 31.8 Å². The van der Waals surface area contributed by atoms with Gasteiger partial charge in [0.15, 0.2) is 0 Å². The molecule has 1 amide bonds. The fraction of sp³-hybridized carbons (Fsp3) is 0.417. The van der Waals surface area contributed by atoms with Gasteiger partial charge in [-0.25, -0.2) is 0 Å². The quantitative estimate of drug-likeness (QED) is 0.894. The molecule has 0 bridgehead atoms. The Hall–Kier alpha value is -1.63. The van der Waals surface area contributed by atoms with Crippen molar-refractivity contribution in [3.05, 3.63) is 34.3 Å². The molecule has 1 fully saturated rings. The molecule has 2 N–H and O–H groups in total. The van der Waals surface area contributed by atoms with E-state index in [4.69, 9.17) is 0 Å². The first kappa shape index (κ1) is 12.4. The highest BCUT2D eigenvalue weighted by Crippen LogP contribution is 2.43. The number of H-pyrrole nitrogens is 1. The fourth-order valence-corrected chi connectivity index (χ4v) is 2.39. The molecule has 0 radical (unpaired) electrons. The number of aryl methyl sites for hydroxylation is 1. The average Bonchev–Trinajstić information content (AvgIpc) is 2.93. The summed E-state index contributed by atoms with van der Waals surface area (Å²) >= 11 is 3.35. The summed E-state index contributed by atoms with van der Waals surface area (Å²) in [7, 11) is 0. The minimum Gasteiger partial charge on any atom is -0.350 e. The van der Waals surface area contributed by atoms with Crippen LogP contribution in [0.15, 0.2) is 23.1 Å². The maximum absolute atomic E-state index is 12.3. The number of hydrogen-bond donors (Lipinski definition) is 2. The molecule has 0 unspecified atom stereocenters. The van der Waals surface area contributed by atoms with E-state index in [-0.39, 0.29) is 5.91 Å². The summed E-state index contributed by atoms with van der Waals surface area (Å²) in [5.41, 5.74) is 1.49. The van der Waals surface area contributed by atoms with Gasteiger partial charge in [0.25, 0.3) is 0 Å². The van der Waals surface area contributed by atoms with Crippen LogP contribution in [0.3, 0.4) is 0 Å². The van der Waals surface area contributed by atoms with Crippen molar-refractivity contribution in [3.63, 3.8) is 0 Å². The minimum absolute atomic E-state index is 0.0173. The maximum Gasteiger partial charge on any atom is 0.248 e. The van der Waals surface area contributed by atoms with Gasteiger partial charge in [-0.05, 0) is 35.7 Å². The van der Waals surface area contributed by atoms with Crippen LogP contribution in [0.1, 0.15) is 24.1 Å². The fourth-order valence-electron chi connectivity index (χ4n) is 2.11. The van der Waals surface area contributed by atoms with Crippen LogP contribution in [0.2, 0.25) is 0 Å². The Morgan fingerprint density at radius 3 is 2.89 bits per heavy atom. The Kier molecular flexibility index (Phi) is 2.93. The summed E-state index contributed by atoms with van der Waals surface area (Å²) in [6, 6.07) is 0. The second-order valence-electron chi connectivity index (χ2n) is 4.84. The summed E-state index contributed by atoms with van der Waals surface area (Å²) in [6.45, 7) is 2.43. The van der Waals surface area contributed by atoms with Crippen LogP contribution in [0.25, 0.3) is 0 Å². The molecule has 2 aromatic rings. The molecule has 3 rings (SSSR count). The van der Waals surface area contributed by atoms with Crippen LogP contribution in [0.5, 0.6) is 0 Å². The molecule has 1 aliphatic rings. The van der Waals surface area contributed by atoms with Gasteiger partial charge >= 0.3 is 0 Å². The molecule has 1 aliphatic carbocycles. The van der Waals surface area contributed by atoms with Gasteiger partial charge in [0.05, 0.1) is 16.9 Å². The Morgan fingerprint density at radius 1 is 1.58 bits per heavy atom. The molecule has 0 spiro atoms. The number of nitrogens with zero attached hydrogens (tertiary/aromatic N) is 3. The van der Waals surface area contributed by atoms with Crippen molar-refractivity contribution in [2.75, 3.05) is 0 Å². The van der Waals surface area contributed by atoms with Crippen LogP contribution >= 0.6 is 15.9 Å². The molecule has 2 aromatic heterocycles. The number of nitrogens with one attached hydrogen (secondary N) is 2. The number of rotatable bonds is 4. The number of aromatic nitrogens is 4. The molecule has 0 atom stereocenters. The zero-order chi connectivity index (χ0) is 13.5. The van der Waals surface area contributed by atoms with Crippen molar-refractivity contribution in [1.82, 2.24) is 25.3 Å². The maximum atomic E-state index is 12.3. The third-order valence-corrected chi connectivity index (χ3v) is 3.92. The van der Waals surface area contributed by atoms with E-state index in [0.29, 0.717) is 6.54 Å². The van der Waals surface area contributed by atoms with Crippen molar-refractivity contribution in [3.8, 4) is 0 Å². The van der Waals surface area contributed by atoms with E-state index in [1.165, 1.54) is 0 Å². The van der Waals surface area contributed by atoms with Crippen LogP contribution in [0, 0.1) is 6.92 Å². The second-order valence-corrected chi connectivity index (χ2v) is 5.75. The molecule has 1 saturated carbocycles. The summed E-state index contributed by atoms with van der Waals surface area (Å²) < 4.78 is 2.63. The van der Waals surface area contributed by atoms with E-state index in [0.717, 1.165) is 28.6 Å². The first-order valence-corrected chi connectivity index (χ1v) is 6.89. The minimum atomic E-state index is -0.496. The monoisotopic (exact) mass is 323 g/mol. The van der Waals surface area contributed by atoms with Crippen molar-refractivity contribution in [1.29, 1.82) is 0 Å². The molecule has 0 saturated heterocycles.